The number of nitrogens with zero attached hydrogens (tertiary/aromatic N) is 2. The maximum absolute atomic E-state index is 5.27. The fraction of sp³-hybridized carbons (Fsp3) is 0.409. The highest BCUT2D eigenvalue weighted by Crippen LogP contribution is 2.14. The van der Waals surface area contributed by atoms with Crippen molar-refractivity contribution in [3.63, 3.8) is 0 Å². The fourth-order valence-corrected chi connectivity index (χ4v) is 3.34. The Morgan fingerprint density at radius 3 is 2.30 bits per heavy atom. The predicted octanol–water partition coefficient (Wildman–Crippen LogP) is 3.16. The topological polar surface area (TPSA) is 48.9 Å². The van der Waals surface area contributed by atoms with E-state index in [0.717, 1.165) is 30.4 Å². The number of rotatable bonds is 7. The number of aliphatic imine (C=N–C) groups is 1. The molecular weight excluding hydrogens is 336 g/mol. The van der Waals surface area contributed by atoms with Crippen molar-refractivity contribution in [1.29, 1.82) is 0 Å². The van der Waals surface area contributed by atoms with Gasteiger partial charge >= 0.3 is 0 Å². The molecule has 0 bridgehead atoms. The van der Waals surface area contributed by atoms with Gasteiger partial charge in [0, 0.05) is 26.7 Å². The van der Waals surface area contributed by atoms with Gasteiger partial charge in [-0.25, -0.2) is 0 Å². The molecule has 0 saturated carbocycles. The monoisotopic (exact) mass is 366 g/mol. The molecule has 0 aromatic heterocycles. The van der Waals surface area contributed by atoms with Gasteiger partial charge in [-0.1, -0.05) is 36.4 Å². The van der Waals surface area contributed by atoms with Gasteiger partial charge in [0.05, 0.1) is 7.11 Å². The molecule has 2 aromatic rings. The zero-order valence-corrected chi connectivity index (χ0v) is 16.4. The summed E-state index contributed by atoms with van der Waals surface area (Å²) in [6, 6.07) is 16.9. The maximum atomic E-state index is 5.27. The molecule has 0 spiro atoms. The van der Waals surface area contributed by atoms with E-state index in [1.165, 1.54) is 37.1 Å². The Balaban J connectivity index is 1.45. The second kappa shape index (κ2) is 9.97. The van der Waals surface area contributed by atoms with Crippen LogP contribution in [0.1, 0.15) is 29.5 Å². The number of benzene rings is 2. The van der Waals surface area contributed by atoms with E-state index in [0.29, 0.717) is 6.54 Å². The van der Waals surface area contributed by atoms with Crippen molar-refractivity contribution >= 4 is 5.96 Å². The lowest BCUT2D eigenvalue weighted by Crippen LogP contribution is -2.36. The first kappa shape index (κ1) is 19.2. The van der Waals surface area contributed by atoms with Gasteiger partial charge in [-0.15, -0.1) is 0 Å². The normalized spacial score (nSPS) is 15.0. The molecule has 1 fully saturated rings. The third-order valence-corrected chi connectivity index (χ3v) is 4.91. The summed E-state index contributed by atoms with van der Waals surface area (Å²) in [6.07, 6.45) is 2.67. The van der Waals surface area contributed by atoms with Crippen molar-refractivity contribution in [2.45, 2.75) is 32.5 Å². The second-order valence-corrected chi connectivity index (χ2v) is 6.93. The summed E-state index contributed by atoms with van der Waals surface area (Å²) in [5.74, 6) is 1.66. The maximum Gasteiger partial charge on any atom is 0.191 e. The van der Waals surface area contributed by atoms with Gasteiger partial charge in [-0.05, 0) is 54.8 Å². The Kier molecular flexibility index (Phi) is 7.11. The molecule has 0 unspecified atom stereocenters. The van der Waals surface area contributed by atoms with E-state index in [2.05, 4.69) is 50.9 Å². The van der Waals surface area contributed by atoms with E-state index < -0.39 is 0 Å². The molecule has 3 rings (SSSR count). The molecule has 1 aliphatic rings. The Morgan fingerprint density at radius 2 is 1.63 bits per heavy atom. The first-order valence-electron chi connectivity index (χ1n) is 9.64. The third kappa shape index (κ3) is 6.00. The predicted molar refractivity (Wildman–Crippen MR) is 111 cm³/mol. The Morgan fingerprint density at radius 1 is 0.963 bits per heavy atom. The van der Waals surface area contributed by atoms with Gasteiger partial charge < -0.3 is 15.4 Å². The highest BCUT2D eigenvalue weighted by molar-refractivity contribution is 5.79. The lowest BCUT2D eigenvalue weighted by Gasteiger charge is -2.15. The summed E-state index contributed by atoms with van der Waals surface area (Å²) in [5.41, 5.74) is 3.80. The van der Waals surface area contributed by atoms with Crippen molar-refractivity contribution in [3.05, 3.63) is 65.2 Å². The molecular formula is C22H30N4O. The summed E-state index contributed by atoms with van der Waals surface area (Å²) in [5, 5.41) is 6.72. The van der Waals surface area contributed by atoms with Gasteiger partial charge in [0.1, 0.15) is 5.75 Å². The lowest BCUT2D eigenvalue weighted by atomic mass is 10.1. The average molecular weight is 367 g/mol. The summed E-state index contributed by atoms with van der Waals surface area (Å²) in [6.45, 7) is 4.99. The van der Waals surface area contributed by atoms with Gasteiger partial charge in [0.15, 0.2) is 5.96 Å². The van der Waals surface area contributed by atoms with E-state index in [4.69, 9.17) is 4.74 Å². The summed E-state index contributed by atoms with van der Waals surface area (Å²) >= 11 is 0. The zero-order chi connectivity index (χ0) is 18.9. The van der Waals surface area contributed by atoms with Gasteiger partial charge in [0.2, 0.25) is 0 Å². The molecule has 0 atom stereocenters. The van der Waals surface area contributed by atoms with Crippen LogP contribution in [0.5, 0.6) is 5.75 Å². The molecule has 5 heteroatoms. The van der Waals surface area contributed by atoms with Gasteiger partial charge in [0.25, 0.3) is 0 Å². The van der Waals surface area contributed by atoms with Crippen LogP contribution in [0.4, 0.5) is 0 Å². The first-order valence-corrected chi connectivity index (χ1v) is 9.64. The van der Waals surface area contributed by atoms with E-state index in [-0.39, 0.29) is 0 Å². The SMILES string of the molecule is CN=C(NCc1ccc(CN2CCCC2)cc1)NCc1cccc(OC)c1. The summed E-state index contributed by atoms with van der Waals surface area (Å²) < 4.78 is 5.27. The standard InChI is InChI=1S/C22H30N4O/c1-23-22(25-16-20-6-5-7-21(14-20)27-2)24-15-18-8-10-19(11-9-18)17-26-12-3-4-13-26/h5-11,14H,3-4,12-13,15-17H2,1-2H3,(H2,23,24,25). The number of ether oxygens (including phenoxy) is 1. The molecule has 2 N–H and O–H groups in total. The molecule has 1 heterocycles. The number of hydrogen-bond acceptors (Lipinski definition) is 3. The lowest BCUT2D eigenvalue weighted by molar-refractivity contribution is 0.331. The van der Waals surface area contributed by atoms with Crippen molar-refractivity contribution in [2.75, 3.05) is 27.2 Å². The highest BCUT2D eigenvalue weighted by atomic mass is 16.5. The van der Waals surface area contributed by atoms with Crippen LogP contribution in [0, 0.1) is 0 Å². The number of nitrogens with one attached hydrogen (secondary N) is 2. The van der Waals surface area contributed by atoms with Crippen molar-refractivity contribution in [2.24, 2.45) is 4.99 Å². The van der Waals surface area contributed by atoms with Crippen molar-refractivity contribution < 1.29 is 4.74 Å². The minimum Gasteiger partial charge on any atom is -0.497 e. The van der Waals surface area contributed by atoms with E-state index in [1.54, 1.807) is 14.2 Å². The summed E-state index contributed by atoms with van der Waals surface area (Å²) in [4.78, 5) is 6.83. The largest absolute Gasteiger partial charge is 0.497 e. The van der Waals surface area contributed by atoms with Crippen molar-refractivity contribution in [3.8, 4) is 5.75 Å². The zero-order valence-electron chi connectivity index (χ0n) is 16.4. The van der Waals surface area contributed by atoms with Crippen LogP contribution in [0.3, 0.4) is 0 Å². The summed E-state index contributed by atoms with van der Waals surface area (Å²) in [7, 11) is 3.48. The van der Waals surface area contributed by atoms with Crippen molar-refractivity contribution in [1.82, 2.24) is 15.5 Å². The second-order valence-electron chi connectivity index (χ2n) is 6.93. The molecule has 0 aliphatic carbocycles. The average Bonchev–Trinajstić information content (AvgIpc) is 3.22. The Bertz CT molecular complexity index is 736. The molecule has 5 nitrogen and oxygen atoms in total. The molecule has 1 saturated heterocycles. The van der Waals surface area contributed by atoms with Crippen LogP contribution in [0.15, 0.2) is 53.5 Å². The van der Waals surface area contributed by atoms with Crippen LogP contribution >= 0.6 is 0 Å². The van der Waals surface area contributed by atoms with Gasteiger partial charge in [-0.2, -0.15) is 0 Å². The molecule has 2 aromatic carbocycles. The molecule has 0 amide bonds. The first-order chi connectivity index (χ1) is 13.3. The van der Waals surface area contributed by atoms with Crippen LogP contribution in [0.25, 0.3) is 0 Å². The molecule has 144 valence electrons. The van der Waals surface area contributed by atoms with Crippen LogP contribution < -0.4 is 15.4 Å². The minimum atomic E-state index is 0.700. The van der Waals surface area contributed by atoms with E-state index in [9.17, 15) is 0 Å². The van der Waals surface area contributed by atoms with Crippen LogP contribution in [0.2, 0.25) is 0 Å². The number of hydrogen-bond donors (Lipinski definition) is 2. The highest BCUT2D eigenvalue weighted by Gasteiger charge is 2.11. The smallest absolute Gasteiger partial charge is 0.191 e. The molecule has 27 heavy (non-hydrogen) atoms. The van der Waals surface area contributed by atoms with Crippen LogP contribution in [-0.2, 0) is 19.6 Å². The molecule has 1 aliphatic heterocycles. The third-order valence-electron chi connectivity index (χ3n) is 4.91. The van der Waals surface area contributed by atoms with E-state index in [1.807, 2.05) is 18.2 Å². The van der Waals surface area contributed by atoms with Crippen LogP contribution in [-0.4, -0.2) is 38.1 Å². The van der Waals surface area contributed by atoms with E-state index >= 15 is 0 Å². The minimum absolute atomic E-state index is 0.700. The molecule has 0 radical (unpaired) electrons. The van der Waals surface area contributed by atoms with Gasteiger partial charge in [-0.3, -0.25) is 9.89 Å². The number of methoxy groups -OCH3 is 1. The fourth-order valence-electron chi connectivity index (χ4n) is 3.34. The quantitative estimate of drug-likeness (QED) is 0.584. The number of likely N-dealkylation sites (tertiary alicyclic amines) is 1. The number of guanidine groups is 1. The Labute approximate surface area is 162 Å². The Hall–Kier alpha value is -2.53.